The van der Waals surface area contributed by atoms with E-state index in [1.54, 1.807) is 23.1 Å². The summed E-state index contributed by atoms with van der Waals surface area (Å²) in [6.45, 7) is 3.83. The summed E-state index contributed by atoms with van der Waals surface area (Å²) in [5.74, 6) is -1.16. The number of cyclic esters (lactones) is 1. The highest BCUT2D eigenvalue weighted by molar-refractivity contribution is 5.90. The molecule has 10 heteroatoms. The number of carbonyl (C=O) groups is 4. The van der Waals surface area contributed by atoms with Gasteiger partial charge in [0, 0.05) is 32.5 Å². The van der Waals surface area contributed by atoms with Crippen molar-refractivity contribution >= 4 is 35.1 Å². The van der Waals surface area contributed by atoms with Gasteiger partial charge in [0.05, 0.1) is 25.3 Å². The largest absolute Gasteiger partial charge is 0.442 e. The minimum Gasteiger partial charge on any atom is -0.442 e. The third-order valence-corrected chi connectivity index (χ3v) is 5.11. The van der Waals surface area contributed by atoms with Crippen LogP contribution in [0.4, 0.5) is 14.9 Å². The van der Waals surface area contributed by atoms with E-state index in [9.17, 15) is 23.6 Å². The molecule has 1 saturated heterocycles. The van der Waals surface area contributed by atoms with Crippen molar-refractivity contribution in [3.8, 4) is 0 Å². The second-order valence-corrected chi connectivity index (χ2v) is 7.45. The van der Waals surface area contributed by atoms with Gasteiger partial charge < -0.3 is 20.3 Å². The molecule has 0 radical (unpaired) electrons. The highest BCUT2D eigenvalue weighted by Crippen LogP contribution is 2.29. The zero-order valence-corrected chi connectivity index (χ0v) is 17.4. The van der Waals surface area contributed by atoms with E-state index in [4.69, 9.17) is 4.74 Å². The predicted molar refractivity (Wildman–Crippen MR) is 111 cm³/mol. The number of hydrogen-bond acceptors (Lipinski definition) is 5. The summed E-state index contributed by atoms with van der Waals surface area (Å²) in [6.07, 6.45) is 1.18. The van der Waals surface area contributed by atoms with Crippen molar-refractivity contribution in [1.82, 2.24) is 15.5 Å². The van der Waals surface area contributed by atoms with Gasteiger partial charge in [-0.2, -0.15) is 0 Å². The summed E-state index contributed by atoms with van der Waals surface area (Å²) in [5, 5.41) is 5.07. The van der Waals surface area contributed by atoms with E-state index in [1.807, 2.05) is 0 Å². The van der Waals surface area contributed by atoms with Gasteiger partial charge in [-0.15, -0.1) is 0 Å². The Balaban J connectivity index is 1.64. The standard InChI is InChI=1S/C21H25FN4O5/c1-13(27)23-10-17-12-26(21(30)31-17)16-3-4-18(19(22)9-16)15-5-7-25(8-6-15)20(29)11-24-14(2)28/h3-5,9,17H,6-8,10-12H2,1-2H3,(H,23,27)(H,24,28)/t17-/m0/s1. The first kappa shape index (κ1) is 22.3. The number of ether oxygens (including phenoxy) is 1. The molecule has 31 heavy (non-hydrogen) atoms. The lowest BCUT2D eigenvalue weighted by Gasteiger charge is -2.27. The normalized spacial score (nSPS) is 18.4. The molecule has 0 bridgehead atoms. The Morgan fingerprint density at radius 3 is 2.55 bits per heavy atom. The maximum Gasteiger partial charge on any atom is 0.414 e. The van der Waals surface area contributed by atoms with Crippen LogP contribution in [0.25, 0.3) is 5.57 Å². The lowest BCUT2D eigenvalue weighted by molar-refractivity contribution is -0.132. The molecule has 2 aliphatic heterocycles. The molecule has 1 aromatic rings. The summed E-state index contributed by atoms with van der Waals surface area (Å²) >= 11 is 0. The predicted octanol–water partition coefficient (Wildman–Crippen LogP) is 1.04. The van der Waals surface area contributed by atoms with E-state index in [-0.39, 0.29) is 37.4 Å². The fourth-order valence-electron chi connectivity index (χ4n) is 3.48. The van der Waals surface area contributed by atoms with E-state index in [0.717, 1.165) is 5.57 Å². The molecular formula is C21H25FN4O5. The summed E-state index contributed by atoms with van der Waals surface area (Å²) in [5.41, 5.74) is 1.57. The van der Waals surface area contributed by atoms with E-state index in [2.05, 4.69) is 10.6 Å². The maximum atomic E-state index is 14.8. The molecule has 4 amide bonds. The number of nitrogens with zero attached hydrogens (tertiary/aromatic N) is 2. The molecule has 2 N–H and O–H groups in total. The minimum atomic E-state index is -0.590. The Morgan fingerprint density at radius 1 is 1.19 bits per heavy atom. The minimum absolute atomic E-state index is 0.0591. The molecule has 0 aliphatic carbocycles. The van der Waals surface area contributed by atoms with Crippen LogP contribution in [-0.2, 0) is 19.1 Å². The second kappa shape index (κ2) is 9.59. The Bertz CT molecular complexity index is 932. The monoisotopic (exact) mass is 432 g/mol. The molecule has 0 saturated carbocycles. The average Bonchev–Trinajstić information content (AvgIpc) is 3.11. The van der Waals surface area contributed by atoms with E-state index < -0.39 is 18.0 Å². The van der Waals surface area contributed by atoms with Crippen molar-refractivity contribution in [2.45, 2.75) is 26.4 Å². The Labute approximate surface area is 179 Å². The molecule has 1 aromatic carbocycles. The molecule has 0 unspecified atom stereocenters. The van der Waals surface area contributed by atoms with Crippen LogP contribution in [0.2, 0.25) is 0 Å². The van der Waals surface area contributed by atoms with Crippen molar-refractivity contribution in [2.24, 2.45) is 0 Å². The quantitative estimate of drug-likeness (QED) is 0.698. The fourth-order valence-corrected chi connectivity index (χ4v) is 3.48. The van der Waals surface area contributed by atoms with Gasteiger partial charge in [0.15, 0.2) is 0 Å². The zero-order chi connectivity index (χ0) is 22.5. The average molecular weight is 432 g/mol. The molecule has 2 heterocycles. The smallest absolute Gasteiger partial charge is 0.414 e. The molecule has 3 rings (SSSR count). The summed E-state index contributed by atoms with van der Waals surface area (Å²) in [4.78, 5) is 49.1. The first-order chi connectivity index (χ1) is 14.7. The van der Waals surface area contributed by atoms with Gasteiger partial charge in [-0.05, 0) is 30.2 Å². The van der Waals surface area contributed by atoms with Crippen molar-refractivity contribution in [3.05, 3.63) is 35.7 Å². The molecule has 0 aromatic heterocycles. The van der Waals surface area contributed by atoms with Crippen LogP contribution in [0, 0.1) is 5.82 Å². The topological polar surface area (TPSA) is 108 Å². The van der Waals surface area contributed by atoms with E-state index in [0.29, 0.717) is 30.8 Å². The van der Waals surface area contributed by atoms with Gasteiger partial charge in [-0.25, -0.2) is 9.18 Å². The van der Waals surface area contributed by atoms with Crippen molar-refractivity contribution in [3.63, 3.8) is 0 Å². The Kier molecular flexibility index (Phi) is 6.88. The van der Waals surface area contributed by atoms with Gasteiger partial charge in [-0.3, -0.25) is 19.3 Å². The van der Waals surface area contributed by atoms with Crippen LogP contribution >= 0.6 is 0 Å². The molecule has 2 aliphatic rings. The summed E-state index contributed by atoms with van der Waals surface area (Å²) in [6, 6.07) is 4.54. The lowest BCUT2D eigenvalue weighted by Crippen LogP contribution is -2.41. The van der Waals surface area contributed by atoms with Gasteiger partial charge >= 0.3 is 6.09 Å². The third-order valence-electron chi connectivity index (χ3n) is 5.11. The first-order valence-corrected chi connectivity index (χ1v) is 9.98. The van der Waals surface area contributed by atoms with Crippen LogP contribution in [0.15, 0.2) is 24.3 Å². The number of halogens is 1. The van der Waals surface area contributed by atoms with Gasteiger partial charge in [0.25, 0.3) is 0 Å². The molecule has 0 spiro atoms. The van der Waals surface area contributed by atoms with Crippen LogP contribution in [0.1, 0.15) is 25.8 Å². The molecule has 1 atom stereocenters. The lowest BCUT2D eigenvalue weighted by atomic mass is 9.98. The van der Waals surface area contributed by atoms with E-state index >= 15 is 0 Å². The maximum absolute atomic E-state index is 14.8. The molecule has 1 fully saturated rings. The number of carbonyl (C=O) groups excluding carboxylic acids is 4. The van der Waals surface area contributed by atoms with Gasteiger partial charge in [-0.1, -0.05) is 6.08 Å². The van der Waals surface area contributed by atoms with Crippen molar-refractivity contribution < 1.29 is 28.3 Å². The van der Waals surface area contributed by atoms with Crippen molar-refractivity contribution in [2.75, 3.05) is 37.6 Å². The van der Waals surface area contributed by atoms with Gasteiger partial charge in [0.2, 0.25) is 17.7 Å². The number of rotatable bonds is 6. The SMILES string of the molecule is CC(=O)NCC(=O)N1CC=C(c2ccc(N3C[C@H](CNC(C)=O)OC3=O)cc2F)CC1. The highest BCUT2D eigenvalue weighted by atomic mass is 19.1. The number of benzene rings is 1. The van der Waals surface area contributed by atoms with Crippen LogP contribution < -0.4 is 15.5 Å². The summed E-state index contributed by atoms with van der Waals surface area (Å²) in [7, 11) is 0. The number of anilines is 1. The second-order valence-electron chi connectivity index (χ2n) is 7.45. The number of amides is 4. The molecule has 9 nitrogen and oxygen atoms in total. The summed E-state index contributed by atoms with van der Waals surface area (Å²) < 4.78 is 20.0. The van der Waals surface area contributed by atoms with Crippen LogP contribution in [0.5, 0.6) is 0 Å². The number of hydrogen-bond donors (Lipinski definition) is 2. The molecule has 166 valence electrons. The highest BCUT2D eigenvalue weighted by Gasteiger charge is 2.33. The Morgan fingerprint density at radius 2 is 1.94 bits per heavy atom. The number of nitrogens with one attached hydrogen (secondary N) is 2. The zero-order valence-electron chi connectivity index (χ0n) is 17.4. The third kappa shape index (κ3) is 5.59. The first-order valence-electron chi connectivity index (χ1n) is 9.98. The van der Waals surface area contributed by atoms with Crippen LogP contribution in [0.3, 0.4) is 0 Å². The van der Waals surface area contributed by atoms with E-state index in [1.165, 1.54) is 24.8 Å². The molecular weight excluding hydrogens is 407 g/mol. The Hall–Kier alpha value is -3.43. The van der Waals surface area contributed by atoms with Crippen LogP contribution in [-0.4, -0.2) is 67.5 Å². The van der Waals surface area contributed by atoms with Gasteiger partial charge in [0.1, 0.15) is 11.9 Å². The fraction of sp³-hybridized carbons (Fsp3) is 0.429. The van der Waals surface area contributed by atoms with Crippen molar-refractivity contribution in [1.29, 1.82) is 0 Å².